The molecule has 0 saturated carbocycles. The van der Waals surface area contributed by atoms with Gasteiger partial charge in [-0.25, -0.2) is 14.5 Å². The fourth-order valence-electron chi connectivity index (χ4n) is 4.42. The minimum atomic E-state index is -0.00432. The minimum Gasteiger partial charge on any atom is -0.380 e. The van der Waals surface area contributed by atoms with Crippen molar-refractivity contribution in [2.45, 2.75) is 46.1 Å². The van der Waals surface area contributed by atoms with Gasteiger partial charge >= 0.3 is 0 Å². The Morgan fingerprint density at radius 3 is 2.65 bits per heavy atom. The molecule has 4 heterocycles. The molecule has 5 N–H and O–H groups in total. The first-order valence-electron chi connectivity index (χ1n) is 11.8. The third-order valence-electron chi connectivity index (χ3n) is 6.15. The van der Waals surface area contributed by atoms with Gasteiger partial charge in [0.15, 0.2) is 11.5 Å². The first kappa shape index (κ1) is 23.7. The number of amides is 1. The highest BCUT2D eigenvalue weighted by Gasteiger charge is 2.22. The van der Waals surface area contributed by atoms with Gasteiger partial charge in [-0.1, -0.05) is 19.4 Å². The molecule has 3 aromatic heterocycles. The highest BCUT2D eigenvalue weighted by atomic mass is 16.2. The number of carbonyl (C=O) groups is 1. The number of anilines is 3. The van der Waals surface area contributed by atoms with Crippen molar-refractivity contribution in [2.75, 3.05) is 48.7 Å². The van der Waals surface area contributed by atoms with Crippen molar-refractivity contribution in [3.63, 3.8) is 0 Å². The normalized spacial score (nSPS) is 15.1. The van der Waals surface area contributed by atoms with Crippen LogP contribution in [0.5, 0.6) is 0 Å². The number of piperazine rings is 1. The third kappa shape index (κ3) is 5.04. The summed E-state index contributed by atoms with van der Waals surface area (Å²) in [6.45, 7) is 9.19. The quantitative estimate of drug-likeness (QED) is 0.446. The van der Waals surface area contributed by atoms with E-state index in [1.54, 1.807) is 10.7 Å². The molecule has 1 fully saturated rings. The lowest BCUT2D eigenvalue weighted by Crippen LogP contribution is -2.50. The van der Waals surface area contributed by atoms with Crippen molar-refractivity contribution in [3.8, 4) is 0 Å². The number of nitrogens with zero attached hydrogens (tertiary/aromatic N) is 7. The van der Waals surface area contributed by atoms with Gasteiger partial charge in [-0.3, -0.25) is 4.79 Å². The molecule has 11 nitrogen and oxygen atoms in total. The Hall–Kier alpha value is -3.47. The summed E-state index contributed by atoms with van der Waals surface area (Å²) in [6.07, 6.45) is 6.40. The van der Waals surface area contributed by atoms with E-state index in [4.69, 9.17) is 16.5 Å². The van der Waals surface area contributed by atoms with E-state index in [1.807, 2.05) is 11.1 Å². The summed E-state index contributed by atoms with van der Waals surface area (Å²) in [5.74, 6) is 1.80. The van der Waals surface area contributed by atoms with E-state index in [0.717, 1.165) is 48.6 Å². The average Bonchev–Trinajstić information content (AvgIpc) is 3.22. The molecule has 182 valence electrons. The van der Waals surface area contributed by atoms with Gasteiger partial charge < -0.3 is 26.6 Å². The van der Waals surface area contributed by atoms with Gasteiger partial charge in [-0.05, 0) is 31.4 Å². The van der Waals surface area contributed by atoms with Crippen LogP contribution in [0.3, 0.4) is 0 Å². The predicted molar refractivity (Wildman–Crippen MR) is 133 cm³/mol. The molecule has 0 unspecified atom stereocenters. The second-order valence-corrected chi connectivity index (χ2v) is 8.87. The molecule has 1 aliphatic heterocycles. The largest absolute Gasteiger partial charge is 0.380 e. The molecule has 0 spiro atoms. The summed E-state index contributed by atoms with van der Waals surface area (Å²) in [6, 6.07) is 2.40. The van der Waals surface area contributed by atoms with Gasteiger partial charge in [0, 0.05) is 44.8 Å². The lowest BCUT2D eigenvalue weighted by atomic mass is 10.1. The van der Waals surface area contributed by atoms with E-state index in [-0.39, 0.29) is 18.5 Å². The predicted octanol–water partition coefficient (Wildman–Crippen LogP) is 1.21. The molecule has 4 rings (SSSR count). The van der Waals surface area contributed by atoms with Crippen molar-refractivity contribution >= 4 is 29.1 Å². The van der Waals surface area contributed by atoms with E-state index >= 15 is 0 Å². The first-order valence-corrected chi connectivity index (χ1v) is 11.8. The van der Waals surface area contributed by atoms with E-state index in [9.17, 15) is 4.79 Å². The third-order valence-corrected chi connectivity index (χ3v) is 6.15. The molecule has 0 aliphatic carbocycles. The summed E-state index contributed by atoms with van der Waals surface area (Å²) in [4.78, 5) is 29.4. The number of hydrogen-bond acceptors (Lipinski definition) is 9. The average molecular weight is 467 g/mol. The Balaban J connectivity index is 1.50. The number of hydrogen-bond donors (Lipinski definition) is 3. The number of rotatable bonds is 8. The van der Waals surface area contributed by atoms with Crippen LogP contribution < -0.4 is 21.7 Å². The van der Waals surface area contributed by atoms with Gasteiger partial charge in [0.1, 0.15) is 5.82 Å². The number of pyridine rings is 1. The molecule has 0 aromatic carbocycles. The van der Waals surface area contributed by atoms with Gasteiger partial charge in [0.2, 0.25) is 11.9 Å². The van der Waals surface area contributed by atoms with Gasteiger partial charge in [-0.15, -0.1) is 5.10 Å². The monoisotopic (exact) mass is 466 g/mol. The summed E-state index contributed by atoms with van der Waals surface area (Å²) >= 11 is 0. The smallest absolute Gasteiger partial charge is 0.243 e. The maximum Gasteiger partial charge on any atom is 0.243 e. The zero-order valence-electron chi connectivity index (χ0n) is 20.2. The molecule has 34 heavy (non-hydrogen) atoms. The van der Waals surface area contributed by atoms with Crippen molar-refractivity contribution in [1.29, 1.82) is 0 Å². The van der Waals surface area contributed by atoms with E-state index in [1.165, 1.54) is 0 Å². The number of aromatic nitrogens is 5. The minimum absolute atomic E-state index is 0.00432. The highest BCUT2D eigenvalue weighted by Crippen LogP contribution is 2.22. The number of nitrogens with two attached hydrogens (primary N) is 2. The second-order valence-electron chi connectivity index (χ2n) is 8.87. The number of fused-ring (bicyclic) bond motifs is 1. The van der Waals surface area contributed by atoms with Gasteiger partial charge in [0.05, 0.1) is 18.4 Å². The molecule has 1 saturated heterocycles. The number of carbonyl (C=O) groups excluding carboxylic acids is 1. The van der Waals surface area contributed by atoms with E-state index in [0.29, 0.717) is 36.9 Å². The molecule has 1 aliphatic rings. The zero-order valence-corrected chi connectivity index (χ0v) is 20.2. The lowest BCUT2D eigenvalue weighted by molar-refractivity contribution is -0.129. The van der Waals surface area contributed by atoms with E-state index in [2.05, 4.69) is 52.1 Å². The Morgan fingerprint density at radius 2 is 1.97 bits per heavy atom. The molecule has 3 aromatic rings. The summed E-state index contributed by atoms with van der Waals surface area (Å²) in [7, 11) is 0. The molecular weight excluding hydrogens is 432 g/mol. The van der Waals surface area contributed by atoms with Crippen LogP contribution in [0, 0.1) is 6.92 Å². The van der Waals surface area contributed by atoms with Crippen molar-refractivity contribution < 1.29 is 4.79 Å². The van der Waals surface area contributed by atoms with Crippen LogP contribution in [0.25, 0.3) is 5.65 Å². The van der Waals surface area contributed by atoms with Crippen LogP contribution in [0.15, 0.2) is 18.5 Å². The Bertz CT molecular complexity index is 1150. The van der Waals surface area contributed by atoms with Crippen molar-refractivity contribution in [3.05, 3.63) is 35.3 Å². The topological polar surface area (TPSA) is 144 Å². The fourth-order valence-corrected chi connectivity index (χ4v) is 4.42. The maximum absolute atomic E-state index is 11.8. The molecule has 1 atom stereocenters. The van der Waals surface area contributed by atoms with Crippen LogP contribution in [0.4, 0.5) is 17.6 Å². The number of imidazole rings is 1. The van der Waals surface area contributed by atoms with Crippen LogP contribution >= 0.6 is 0 Å². The Morgan fingerprint density at radius 1 is 1.21 bits per heavy atom. The molecular formula is C23H34N10O. The molecule has 0 bridgehead atoms. The highest BCUT2D eigenvalue weighted by molar-refractivity contribution is 5.78. The number of nitrogens with one attached hydrogen (secondary N) is 1. The van der Waals surface area contributed by atoms with Gasteiger partial charge in [0.25, 0.3) is 0 Å². The zero-order chi connectivity index (χ0) is 24.2. The Labute approximate surface area is 199 Å². The Kier molecular flexibility index (Phi) is 7.11. The van der Waals surface area contributed by atoms with Crippen molar-refractivity contribution in [2.24, 2.45) is 5.73 Å². The van der Waals surface area contributed by atoms with Crippen LogP contribution in [-0.2, 0) is 11.2 Å². The van der Waals surface area contributed by atoms with Crippen molar-refractivity contribution in [1.82, 2.24) is 29.5 Å². The summed E-state index contributed by atoms with van der Waals surface area (Å²) in [5, 5.41) is 7.96. The second kappa shape index (κ2) is 10.2. The molecule has 1 amide bonds. The summed E-state index contributed by atoms with van der Waals surface area (Å²) < 4.78 is 1.76. The maximum atomic E-state index is 11.8. The summed E-state index contributed by atoms with van der Waals surface area (Å²) in [5.41, 5.74) is 15.3. The van der Waals surface area contributed by atoms with Crippen LogP contribution in [0.2, 0.25) is 0 Å². The van der Waals surface area contributed by atoms with Crippen LogP contribution in [0.1, 0.15) is 43.5 Å². The van der Waals surface area contributed by atoms with Crippen LogP contribution in [-0.4, -0.2) is 74.1 Å². The first-order chi connectivity index (χ1) is 16.4. The number of aryl methyl sites for hydroxylation is 1. The number of nitrogen functional groups attached to an aromatic ring is 1. The van der Waals surface area contributed by atoms with Gasteiger partial charge in [-0.2, -0.15) is 4.98 Å². The molecule has 0 radical (unpaired) electrons. The molecule has 11 heteroatoms. The SMILES string of the molecule is CCC[C@H](C)Nc1nc(N)c2ncc(Cc3cnc(N4CCN(C(=O)CN)CC4)c(C)c3)n2n1. The lowest BCUT2D eigenvalue weighted by Gasteiger charge is -2.36. The van der Waals surface area contributed by atoms with E-state index < -0.39 is 0 Å². The standard InChI is InChI=1S/C23H34N10O/c1-4-5-16(3)28-23-29-20(25)22-27-14-18(33(22)30-23)11-17-10-15(2)21(26-13-17)32-8-6-31(7-9-32)19(34)12-24/h10,13-14,16H,4-9,11-12,24H2,1-3H3,(H3,25,28,29,30)/t16-/m0/s1. The fraction of sp³-hybridized carbons (Fsp3) is 0.522.